The molecule has 0 radical (unpaired) electrons. The molecule has 118 valence electrons. The molecular formula is C18H13ClN4S. The van der Waals surface area contributed by atoms with Gasteiger partial charge in [0.25, 0.3) is 0 Å². The summed E-state index contributed by atoms with van der Waals surface area (Å²) < 4.78 is 0. The molecular weight excluding hydrogens is 340 g/mol. The largest absolute Gasteiger partial charge is 0.399 e. The number of hydrogen-bond acceptors (Lipinski definition) is 5. The van der Waals surface area contributed by atoms with Crippen LogP contribution in [0.4, 0.5) is 0 Å². The Kier molecular flexibility index (Phi) is 4.29. The molecule has 0 aromatic heterocycles. The molecule has 0 saturated carbocycles. The Morgan fingerprint density at radius 3 is 2.62 bits per heavy atom. The maximum absolute atomic E-state index is 9.86. The van der Waals surface area contributed by atoms with E-state index in [9.17, 15) is 15.8 Å². The van der Waals surface area contributed by atoms with Gasteiger partial charge in [-0.15, -0.1) is 0 Å². The van der Waals surface area contributed by atoms with Crippen molar-refractivity contribution in [2.45, 2.75) is 5.92 Å². The highest BCUT2D eigenvalue weighted by Gasteiger charge is 2.53. The van der Waals surface area contributed by atoms with Crippen LogP contribution in [0.2, 0.25) is 5.02 Å². The molecule has 6 heteroatoms. The minimum absolute atomic E-state index is 0.0503. The molecule has 24 heavy (non-hydrogen) atoms. The molecule has 0 spiro atoms. The molecule has 3 rings (SSSR count). The molecule has 1 heterocycles. The van der Waals surface area contributed by atoms with E-state index in [1.54, 1.807) is 30.0 Å². The van der Waals surface area contributed by atoms with E-state index in [1.165, 1.54) is 0 Å². The van der Waals surface area contributed by atoms with E-state index in [0.29, 0.717) is 5.02 Å². The second-order valence-corrected chi connectivity index (χ2v) is 7.28. The predicted molar refractivity (Wildman–Crippen MR) is 93.6 cm³/mol. The van der Waals surface area contributed by atoms with E-state index in [-0.39, 0.29) is 17.2 Å². The molecule has 1 aromatic carbocycles. The molecule has 1 aromatic rings. The Bertz CT molecular complexity index is 868. The lowest BCUT2D eigenvalue weighted by Crippen LogP contribution is -2.43. The highest BCUT2D eigenvalue weighted by molar-refractivity contribution is 7.99. The third-order valence-corrected chi connectivity index (χ3v) is 5.87. The maximum Gasteiger partial charge on any atom is 0.191 e. The fourth-order valence-electron chi connectivity index (χ4n) is 3.56. The number of allylic oxidation sites excluding steroid dienone is 3. The summed E-state index contributed by atoms with van der Waals surface area (Å²) in [6.07, 6.45) is 1.99. The van der Waals surface area contributed by atoms with E-state index in [0.717, 1.165) is 22.6 Å². The lowest BCUT2D eigenvalue weighted by Gasteiger charge is -2.43. The number of thioether (sulfide) groups is 1. The zero-order valence-corrected chi connectivity index (χ0v) is 14.2. The summed E-state index contributed by atoms with van der Waals surface area (Å²) in [6.45, 7) is 0. The van der Waals surface area contributed by atoms with Crippen molar-refractivity contribution in [2.75, 3.05) is 11.5 Å². The summed E-state index contributed by atoms with van der Waals surface area (Å²) >= 11 is 7.85. The Morgan fingerprint density at radius 2 is 2.00 bits per heavy atom. The first kappa shape index (κ1) is 16.5. The second kappa shape index (κ2) is 6.25. The average Bonchev–Trinajstić information content (AvgIpc) is 2.61. The third kappa shape index (κ3) is 2.28. The van der Waals surface area contributed by atoms with E-state index in [1.807, 2.05) is 12.1 Å². The maximum atomic E-state index is 9.86. The fourth-order valence-corrected chi connectivity index (χ4v) is 4.82. The molecule has 1 aliphatic heterocycles. The normalized spacial score (nSPS) is 24.8. The summed E-state index contributed by atoms with van der Waals surface area (Å²) in [5.74, 6) is 0.941. The van der Waals surface area contributed by atoms with Gasteiger partial charge in [0.15, 0.2) is 5.41 Å². The molecule has 0 amide bonds. The van der Waals surface area contributed by atoms with E-state index < -0.39 is 11.3 Å². The van der Waals surface area contributed by atoms with Crippen molar-refractivity contribution in [1.29, 1.82) is 15.8 Å². The van der Waals surface area contributed by atoms with Crippen LogP contribution in [0.15, 0.2) is 47.2 Å². The number of benzene rings is 1. The Morgan fingerprint density at radius 1 is 1.25 bits per heavy atom. The molecule has 0 fully saturated rings. The molecule has 1 aliphatic carbocycles. The number of rotatable bonds is 1. The van der Waals surface area contributed by atoms with Crippen LogP contribution in [0.1, 0.15) is 11.5 Å². The van der Waals surface area contributed by atoms with E-state index in [4.69, 9.17) is 17.3 Å². The SMILES string of the molecule is N#CC1=C(N)C(C#N)(C#N)[C@@H](c2cccc(Cl)c2)[C@H]2CSCC=C12. The quantitative estimate of drug-likeness (QED) is 0.834. The topological polar surface area (TPSA) is 97.4 Å². The van der Waals surface area contributed by atoms with Crippen LogP contribution < -0.4 is 5.73 Å². The third-order valence-electron chi connectivity index (χ3n) is 4.64. The number of halogens is 1. The number of hydrogen-bond donors (Lipinski definition) is 1. The van der Waals surface area contributed by atoms with Gasteiger partial charge < -0.3 is 5.73 Å². The minimum Gasteiger partial charge on any atom is -0.399 e. The van der Waals surface area contributed by atoms with Gasteiger partial charge >= 0.3 is 0 Å². The van der Waals surface area contributed by atoms with Crippen LogP contribution in [0, 0.1) is 45.3 Å². The van der Waals surface area contributed by atoms with Gasteiger partial charge in [0, 0.05) is 28.4 Å². The van der Waals surface area contributed by atoms with E-state index >= 15 is 0 Å². The lowest BCUT2D eigenvalue weighted by atomic mass is 9.59. The van der Waals surface area contributed by atoms with Gasteiger partial charge in [-0.1, -0.05) is 29.8 Å². The first-order valence-electron chi connectivity index (χ1n) is 7.35. The van der Waals surface area contributed by atoms with Crippen molar-refractivity contribution in [2.24, 2.45) is 17.1 Å². The van der Waals surface area contributed by atoms with Crippen LogP contribution in [0.3, 0.4) is 0 Å². The first-order chi connectivity index (χ1) is 11.6. The van der Waals surface area contributed by atoms with Crippen LogP contribution in [0.25, 0.3) is 0 Å². The highest BCUT2D eigenvalue weighted by atomic mass is 35.5. The standard InChI is InChI=1S/C18H13ClN4S/c19-12-3-1-2-11(6-12)16-15-8-24-5-4-13(15)14(7-20)17(23)18(16,9-21)10-22/h1-4,6,15-16H,5,8,23H2/t15-,16-/m0/s1. The fraction of sp³-hybridized carbons (Fsp3) is 0.278. The van der Waals surface area contributed by atoms with Crippen LogP contribution in [0.5, 0.6) is 0 Å². The molecule has 0 bridgehead atoms. The van der Waals surface area contributed by atoms with Crippen LogP contribution >= 0.6 is 23.4 Å². The number of fused-ring (bicyclic) bond motifs is 1. The van der Waals surface area contributed by atoms with Crippen LogP contribution in [-0.4, -0.2) is 11.5 Å². The minimum atomic E-state index is -1.57. The van der Waals surface area contributed by atoms with Gasteiger partial charge in [-0.2, -0.15) is 27.5 Å². The Labute approximate surface area is 149 Å². The highest BCUT2D eigenvalue weighted by Crippen LogP contribution is 2.55. The summed E-state index contributed by atoms with van der Waals surface area (Å²) in [6, 6.07) is 13.5. The zero-order chi connectivity index (χ0) is 17.3. The van der Waals surface area contributed by atoms with Gasteiger partial charge in [0.1, 0.15) is 6.07 Å². The van der Waals surface area contributed by atoms with Crippen molar-refractivity contribution in [3.63, 3.8) is 0 Å². The molecule has 0 unspecified atom stereocenters. The summed E-state index contributed by atoms with van der Waals surface area (Å²) in [7, 11) is 0. The van der Waals surface area contributed by atoms with Crippen LogP contribution in [-0.2, 0) is 0 Å². The van der Waals surface area contributed by atoms with Crippen molar-refractivity contribution in [3.8, 4) is 18.2 Å². The first-order valence-corrected chi connectivity index (χ1v) is 8.88. The van der Waals surface area contributed by atoms with Gasteiger partial charge in [-0.25, -0.2) is 0 Å². The predicted octanol–water partition coefficient (Wildman–Crippen LogP) is 3.50. The monoisotopic (exact) mass is 352 g/mol. The Hall–Kier alpha value is -2.39. The van der Waals surface area contributed by atoms with Gasteiger partial charge in [0.2, 0.25) is 0 Å². The Balaban J connectivity index is 2.34. The van der Waals surface area contributed by atoms with Crippen molar-refractivity contribution in [3.05, 3.63) is 57.8 Å². The molecule has 2 N–H and O–H groups in total. The smallest absolute Gasteiger partial charge is 0.191 e. The van der Waals surface area contributed by atoms with Crippen molar-refractivity contribution in [1.82, 2.24) is 0 Å². The summed E-state index contributed by atoms with van der Waals surface area (Å²) in [5.41, 5.74) is 6.59. The summed E-state index contributed by atoms with van der Waals surface area (Å²) in [4.78, 5) is 0. The molecule has 4 nitrogen and oxygen atoms in total. The van der Waals surface area contributed by atoms with Gasteiger partial charge in [-0.3, -0.25) is 0 Å². The lowest BCUT2D eigenvalue weighted by molar-refractivity contribution is 0.368. The molecule has 0 saturated heterocycles. The van der Waals surface area contributed by atoms with E-state index in [2.05, 4.69) is 18.2 Å². The van der Waals surface area contributed by atoms with Crippen molar-refractivity contribution >= 4 is 23.4 Å². The molecule has 2 atom stereocenters. The van der Waals surface area contributed by atoms with Crippen molar-refractivity contribution < 1.29 is 0 Å². The average molecular weight is 353 g/mol. The summed E-state index contributed by atoms with van der Waals surface area (Å²) in [5, 5.41) is 29.8. The molecule has 2 aliphatic rings. The second-order valence-electron chi connectivity index (χ2n) is 5.77. The van der Waals surface area contributed by atoms with Gasteiger partial charge in [0.05, 0.1) is 23.4 Å². The zero-order valence-electron chi connectivity index (χ0n) is 12.7. The number of nitrogens with zero attached hydrogens (tertiary/aromatic N) is 3. The number of nitrogens with two attached hydrogens (primary N) is 1. The van der Waals surface area contributed by atoms with Gasteiger partial charge in [-0.05, 0) is 23.3 Å². The number of nitriles is 3.